The third kappa shape index (κ3) is 3.31. The monoisotopic (exact) mass is 391 g/mol. The highest BCUT2D eigenvalue weighted by Gasteiger charge is 2.24. The summed E-state index contributed by atoms with van der Waals surface area (Å²) >= 11 is 0. The number of nitro benzene ring substituents is 1. The third-order valence-corrected chi connectivity index (χ3v) is 4.92. The smallest absolute Gasteiger partial charge is 0.275 e. The third-order valence-electron chi connectivity index (χ3n) is 4.92. The van der Waals surface area contributed by atoms with Crippen molar-refractivity contribution in [2.75, 3.05) is 7.05 Å². The summed E-state index contributed by atoms with van der Waals surface area (Å²) in [5.41, 5.74) is 2.41. The van der Waals surface area contributed by atoms with Gasteiger partial charge in [-0.3, -0.25) is 20.0 Å². The number of non-ortho nitro benzene ring substituents is 1. The van der Waals surface area contributed by atoms with Gasteiger partial charge in [0.15, 0.2) is 5.69 Å². The highest BCUT2D eigenvalue weighted by molar-refractivity contribution is 6.05. The van der Waals surface area contributed by atoms with Crippen LogP contribution in [0.15, 0.2) is 55.1 Å². The van der Waals surface area contributed by atoms with Crippen molar-refractivity contribution in [1.29, 1.82) is 0 Å². The Morgan fingerprint density at radius 2 is 2.00 bits per heavy atom. The predicted molar refractivity (Wildman–Crippen MR) is 105 cm³/mol. The maximum atomic E-state index is 13.0. The highest BCUT2D eigenvalue weighted by Crippen LogP contribution is 2.26. The Hall–Kier alpha value is -4.08. The van der Waals surface area contributed by atoms with E-state index in [1.54, 1.807) is 29.0 Å². The molecular weight excluding hydrogens is 374 g/mol. The van der Waals surface area contributed by atoms with Gasteiger partial charge in [0.1, 0.15) is 12.7 Å². The van der Waals surface area contributed by atoms with Crippen molar-refractivity contribution in [3.8, 4) is 5.69 Å². The Morgan fingerprint density at radius 3 is 2.66 bits per heavy atom. The fourth-order valence-electron chi connectivity index (χ4n) is 3.09. The molecule has 0 aliphatic heterocycles. The summed E-state index contributed by atoms with van der Waals surface area (Å²) in [5, 5.41) is 22.4. The zero-order valence-corrected chi connectivity index (χ0v) is 15.7. The molecule has 2 aromatic heterocycles. The van der Waals surface area contributed by atoms with E-state index < -0.39 is 4.92 Å². The Labute approximate surface area is 164 Å². The molecule has 0 aliphatic rings. The van der Waals surface area contributed by atoms with Crippen molar-refractivity contribution >= 4 is 22.5 Å². The summed E-state index contributed by atoms with van der Waals surface area (Å²) in [6, 6.07) is 11.7. The van der Waals surface area contributed by atoms with Crippen LogP contribution in [0.2, 0.25) is 0 Å². The Balaban J connectivity index is 1.59. The van der Waals surface area contributed by atoms with Gasteiger partial charge in [-0.2, -0.15) is 10.2 Å². The minimum Gasteiger partial charge on any atom is -0.334 e. The number of aromatic amines is 1. The molecule has 0 spiro atoms. The quantitative estimate of drug-likeness (QED) is 0.412. The van der Waals surface area contributed by atoms with Crippen molar-refractivity contribution in [3.05, 3.63) is 76.5 Å². The van der Waals surface area contributed by atoms with Crippen LogP contribution in [0.5, 0.6) is 0 Å². The molecule has 0 bridgehead atoms. The van der Waals surface area contributed by atoms with Crippen molar-refractivity contribution in [2.24, 2.45) is 0 Å². The first kappa shape index (κ1) is 18.3. The van der Waals surface area contributed by atoms with Crippen molar-refractivity contribution < 1.29 is 9.72 Å². The number of hydrogen-bond acceptors (Lipinski definition) is 6. The molecule has 0 fully saturated rings. The molecule has 2 heterocycles. The maximum Gasteiger partial charge on any atom is 0.275 e. The largest absolute Gasteiger partial charge is 0.334 e. The van der Waals surface area contributed by atoms with Gasteiger partial charge in [0.25, 0.3) is 11.6 Å². The van der Waals surface area contributed by atoms with Gasteiger partial charge in [-0.15, -0.1) is 0 Å². The number of nitro groups is 1. The van der Waals surface area contributed by atoms with Gasteiger partial charge < -0.3 is 4.90 Å². The Kier molecular flexibility index (Phi) is 4.51. The Bertz CT molecular complexity index is 1180. The molecule has 1 N–H and O–H groups in total. The molecule has 2 aromatic carbocycles. The van der Waals surface area contributed by atoms with Crippen LogP contribution < -0.4 is 0 Å². The second-order valence-corrected chi connectivity index (χ2v) is 6.58. The van der Waals surface area contributed by atoms with Crippen molar-refractivity contribution in [3.63, 3.8) is 0 Å². The van der Waals surface area contributed by atoms with Gasteiger partial charge in [0, 0.05) is 24.6 Å². The van der Waals surface area contributed by atoms with Crippen molar-refractivity contribution in [2.45, 2.75) is 13.0 Å². The SMILES string of the molecule is C[C@@H](c1ccc(-n2cncn2)cc1)N(C)C(=O)c1n[nH]c2ccc([N+](=O)[O-])cc12. The van der Waals surface area contributed by atoms with Gasteiger partial charge in [0.2, 0.25) is 0 Å². The lowest BCUT2D eigenvalue weighted by atomic mass is 10.1. The van der Waals surface area contributed by atoms with Gasteiger partial charge in [-0.25, -0.2) is 9.67 Å². The van der Waals surface area contributed by atoms with Crippen molar-refractivity contribution in [1.82, 2.24) is 29.9 Å². The zero-order chi connectivity index (χ0) is 20.5. The molecule has 0 saturated carbocycles. The van der Waals surface area contributed by atoms with Crippen LogP contribution in [0.1, 0.15) is 29.0 Å². The average molecular weight is 391 g/mol. The summed E-state index contributed by atoms with van der Waals surface area (Å²) in [4.78, 5) is 29.1. The number of fused-ring (bicyclic) bond motifs is 1. The molecule has 4 aromatic rings. The number of benzene rings is 2. The van der Waals surface area contributed by atoms with Crippen LogP contribution in [0, 0.1) is 10.1 Å². The second kappa shape index (κ2) is 7.15. The summed E-state index contributed by atoms with van der Waals surface area (Å²) in [6.07, 6.45) is 3.07. The number of amides is 1. The molecule has 29 heavy (non-hydrogen) atoms. The lowest BCUT2D eigenvalue weighted by molar-refractivity contribution is -0.384. The van der Waals surface area contributed by atoms with Crippen LogP contribution >= 0.6 is 0 Å². The summed E-state index contributed by atoms with van der Waals surface area (Å²) in [6.45, 7) is 1.90. The van der Waals surface area contributed by atoms with Crippen LogP contribution in [-0.4, -0.2) is 47.7 Å². The van der Waals surface area contributed by atoms with E-state index in [1.807, 2.05) is 31.2 Å². The number of aromatic nitrogens is 5. The van der Waals surface area contributed by atoms with E-state index in [0.717, 1.165) is 11.3 Å². The first-order valence-corrected chi connectivity index (χ1v) is 8.80. The van der Waals surface area contributed by atoms with Gasteiger partial charge >= 0.3 is 0 Å². The lowest BCUT2D eigenvalue weighted by Gasteiger charge is -2.25. The number of H-pyrrole nitrogens is 1. The zero-order valence-electron chi connectivity index (χ0n) is 15.7. The van der Waals surface area contributed by atoms with E-state index in [0.29, 0.717) is 10.9 Å². The number of nitrogens with zero attached hydrogens (tertiary/aromatic N) is 6. The number of hydrogen-bond donors (Lipinski definition) is 1. The summed E-state index contributed by atoms with van der Waals surface area (Å²) < 4.78 is 1.64. The first-order valence-electron chi connectivity index (χ1n) is 8.80. The minimum absolute atomic E-state index is 0.0904. The summed E-state index contributed by atoms with van der Waals surface area (Å²) in [7, 11) is 1.68. The molecular formula is C19H17N7O3. The highest BCUT2D eigenvalue weighted by atomic mass is 16.6. The molecule has 4 rings (SSSR count). The fraction of sp³-hybridized carbons (Fsp3) is 0.158. The number of nitrogens with one attached hydrogen (secondary N) is 1. The topological polar surface area (TPSA) is 123 Å². The maximum absolute atomic E-state index is 13.0. The van der Waals surface area contributed by atoms with Gasteiger partial charge in [0.05, 0.1) is 22.2 Å². The minimum atomic E-state index is -0.496. The molecule has 0 aliphatic carbocycles. The van der Waals surface area contributed by atoms with E-state index >= 15 is 0 Å². The Morgan fingerprint density at radius 1 is 1.24 bits per heavy atom. The molecule has 146 valence electrons. The molecule has 0 unspecified atom stereocenters. The van der Waals surface area contributed by atoms with Crippen LogP contribution in [-0.2, 0) is 0 Å². The molecule has 0 saturated heterocycles. The molecule has 10 heteroatoms. The van der Waals surface area contributed by atoms with E-state index in [4.69, 9.17) is 0 Å². The van der Waals surface area contributed by atoms with Gasteiger partial charge in [-0.05, 0) is 30.7 Å². The standard InChI is InChI=1S/C19H17N7O3/c1-12(13-3-5-14(6-4-13)25-11-20-10-21-25)24(2)19(27)18-16-9-15(26(28)29)7-8-17(16)22-23-18/h3-12H,1-2H3,(H,22,23)/t12-/m0/s1. The number of carbonyl (C=O) groups is 1. The summed E-state index contributed by atoms with van der Waals surface area (Å²) in [5.74, 6) is -0.329. The van der Waals surface area contributed by atoms with Gasteiger partial charge in [-0.1, -0.05) is 12.1 Å². The van der Waals surface area contributed by atoms with Crippen LogP contribution in [0.25, 0.3) is 16.6 Å². The van der Waals surface area contributed by atoms with Crippen LogP contribution in [0.3, 0.4) is 0 Å². The predicted octanol–water partition coefficient (Wildman–Crippen LogP) is 2.89. The second-order valence-electron chi connectivity index (χ2n) is 6.58. The molecule has 1 atom stereocenters. The van der Waals surface area contributed by atoms with E-state index in [2.05, 4.69) is 20.3 Å². The first-order chi connectivity index (χ1) is 14.0. The average Bonchev–Trinajstić information content (AvgIpc) is 3.41. The van der Waals surface area contributed by atoms with E-state index in [-0.39, 0.29) is 23.3 Å². The lowest BCUT2D eigenvalue weighted by Crippen LogP contribution is -2.30. The van der Waals surface area contributed by atoms with E-state index in [1.165, 1.54) is 18.5 Å². The molecule has 0 radical (unpaired) electrons. The fourth-order valence-corrected chi connectivity index (χ4v) is 3.09. The number of rotatable bonds is 5. The molecule has 10 nitrogen and oxygen atoms in total. The van der Waals surface area contributed by atoms with Crippen LogP contribution in [0.4, 0.5) is 5.69 Å². The normalized spacial score (nSPS) is 12.1. The number of carbonyl (C=O) groups excluding carboxylic acids is 1. The van der Waals surface area contributed by atoms with E-state index in [9.17, 15) is 14.9 Å². The molecule has 1 amide bonds.